The monoisotopic (exact) mass is 247 g/mol. The van der Waals surface area contributed by atoms with Crippen molar-refractivity contribution in [3.05, 3.63) is 42.0 Å². The van der Waals surface area contributed by atoms with Crippen molar-refractivity contribution in [1.82, 2.24) is 0 Å². The van der Waals surface area contributed by atoms with Gasteiger partial charge in [-0.25, -0.2) is 0 Å². The van der Waals surface area contributed by atoms with Gasteiger partial charge in [0.15, 0.2) is 0 Å². The minimum atomic E-state index is 0.270. The number of hydrogen-bond acceptors (Lipinski definition) is 0. The highest BCUT2D eigenvalue weighted by molar-refractivity contribution is 7.98. The maximum Gasteiger partial charge on any atom is 0.147 e. The smallest absolute Gasteiger partial charge is 0.0900 e. The second kappa shape index (κ2) is 4.89. The van der Waals surface area contributed by atoms with Crippen molar-refractivity contribution in [3.63, 3.8) is 0 Å². The highest BCUT2D eigenvalue weighted by Crippen LogP contribution is 2.37. The molecule has 1 aliphatic heterocycles. The summed E-state index contributed by atoms with van der Waals surface area (Å²) in [4.78, 5) is 0. The van der Waals surface area contributed by atoms with Crippen LogP contribution in [0.25, 0.3) is 5.57 Å². The van der Waals surface area contributed by atoms with Gasteiger partial charge in [0.1, 0.15) is 16.3 Å². The van der Waals surface area contributed by atoms with Crippen LogP contribution in [0.1, 0.15) is 37.8 Å². The van der Waals surface area contributed by atoms with Crippen molar-refractivity contribution in [2.45, 2.75) is 38.4 Å². The highest BCUT2D eigenvalue weighted by Gasteiger charge is 2.43. The molecule has 0 spiro atoms. The van der Waals surface area contributed by atoms with E-state index in [1.165, 1.54) is 41.0 Å². The molecule has 1 saturated heterocycles. The zero-order chi connectivity index (χ0) is 12.5. The van der Waals surface area contributed by atoms with Gasteiger partial charge in [-0.15, -0.1) is 0 Å². The Morgan fingerprint density at radius 2 is 1.65 bits per heavy atom. The molecule has 92 valence electrons. The molecule has 0 saturated carbocycles. The fourth-order valence-electron chi connectivity index (χ4n) is 2.44. The van der Waals surface area contributed by atoms with Crippen LogP contribution < -0.4 is 0 Å². The van der Waals surface area contributed by atoms with Crippen molar-refractivity contribution in [2.24, 2.45) is 0 Å². The molecule has 0 nitrogen and oxygen atoms in total. The second-order valence-electron chi connectivity index (χ2n) is 5.46. The molecule has 2 rings (SSSR count). The summed E-state index contributed by atoms with van der Waals surface area (Å²) >= 11 is 0. The summed E-state index contributed by atoms with van der Waals surface area (Å²) in [6, 6.07) is 8.82. The van der Waals surface area contributed by atoms with E-state index in [2.05, 4.69) is 51.6 Å². The maximum atomic E-state index is 4.38. The van der Waals surface area contributed by atoms with Gasteiger partial charge in [-0.3, -0.25) is 0 Å². The van der Waals surface area contributed by atoms with Gasteiger partial charge in [-0.2, -0.15) is 0 Å². The van der Waals surface area contributed by atoms with Crippen molar-refractivity contribution in [3.8, 4) is 0 Å². The molecule has 1 aliphatic rings. The molecular formula is C16H23S+. The molecule has 1 aromatic carbocycles. The lowest BCUT2D eigenvalue weighted by Gasteiger charge is -2.26. The zero-order valence-electron chi connectivity index (χ0n) is 11.3. The summed E-state index contributed by atoms with van der Waals surface area (Å²) in [7, 11) is 0.527. The van der Waals surface area contributed by atoms with E-state index in [-0.39, 0.29) is 4.75 Å². The van der Waals surface area contributed by atoms with E-state index in [1.54, 1.807) is 0 Å². The molecule has 0 unspecified atom stereocenters. The second-order valence-corrected chi connectivity index (χ2v) is 8.29. The molecule has 0 N–H and O–H groups in total. The molecule has 0 radical (unpaired) electrons. The van der Waals surface area contributed by atoms with Crippen molar-refractivity contribution in [2.75, 3.05) is 11.5 Å². The van der Waals surface area contributed by atoms with Gasteiger partial charge in [0.25, 0.3) is 0 Å². The average Bonchev–Trinajstić information content (AvgIpc) is 2.83. The Hall–Kier alpha value is -0.690. The first kappa shape index (κ1) is 12.8. The molecule has 0 aliphatic carbocycles. The Kier molecular flexibility index (Phi) is 3.67. The molecule has 0 amide bonds. The molecule has 1 heteroatoms. The van der Waals surface area contributed by atoms with Crippen LogP contribution >= 0.6 is 0 Å². The summed E-state index contributed by atoms with van der Waals surface area (Å²) in [6.45, 7) is 11.3. The lowest BCUT2D eigenvalue weighted by molar-refractivity contribution is 0.910. The van der Waals surface area contributed by atoms with Gasteiger partial charge in [0.2, 0.25) is 0 Å². The van der Waals surface area contributed by atoms with Gasteiger partial charge in [0, 0.05) is 5.57 Å². The van der Waals surface area contributed by atoms with E-state index in [0.29, 0.717) is 10.9 Å². The molecule has 1 heterocycles. The summed E-state index contributed by atoms with van der Waals surface area (Å²) in [6.07, 6.45) is 2.82. The topological polar surface area (TPSA) is 0 Å². The molecule has 0 bridgehead atoms. The van der Waals surface area contributed by atoms with Crippen LogP contribution in [0.2, 0.25) is 0 Å². The Morgan fingerprint density at radius 3 is 2.18 bits per heavy atom. The van der Waals surface area contributed by atoms with Gasteiger partial charge in [-0.1, -0.05) is 36.4 Å². The lowest BCUT2D eigenvalue weighted by Crippen LogP contribution is -2.34. The summed E-state index contributed by atoms with van der Waals surface area (Å²) in [5, 5.41) is 0. The first-order valence-corrected chi connectivity index (χ1v) is 8.02. The summed E-state index contributed by atoms with van der Waals surface area (Å²) < 4.78 is 0.270. The molecule has 1 fully saturated rings. The third-order valence-corrected chi connectivity index (χ3v) is 7.13. The predicted molar refractivity (Wildman–Crippen MR) is 80.6 cm³/mol. The van der Waals surface area contributed by atoms with Gasteiger partial charge < -0.3 is 0 Å². The number of rotatable bonds is 3. The van der Waals surface area contributed by atoms with E-state index in [9.17, 15) is 0 Å². The van der Waals surface area contributed by atoms with Crippen LogP contribution in [-0.4, -0.2) is 16.3 Å². The van der Waals surface area contributed by atoms with Gasteiger partial charge in [0.05, 0.1) is 0 Å². The van der Waals surface area contributed by atoms with Gasteiger partial charge >= 0.3 is 0 Å². The third-order valence-electron chi connectivity index (χ3n) is 3.88. The standard InChI is InChI=1S/C16H23S/c1-13-7-9-15(10-8-13)14(2)16(3,4)17-11-5-6-12-17/h7-10H,2,5-6,11-12H2,1,3-4H3/q+1. The Bertz CT molecular complexity index is 394. The Morgan fingerprint density at radius 1 is 1.12 bits per heavy atom. The molecule has 17 heavy (non-hydrogen) atoms. The van der Waals surface area contributed by atoms with E-state index in [4.69, 9.17) is 0 Å². The maximum absolute atomic E-state index is 4.38. The Balaban J connectivity index is 2.20. The van der Waals surface area contributed by atoms with Crippen LogP contribution in [0.3, 0.4) is 0 Å². The van der Waals surface area contributed by atoms with Crippen molar-refractivity contribution < 1.29 is 0 Å². The van der Waals surface area contributed by atoms with Gasteiger partial charge in [-0.05, 0) is 50.1 Å². The third kappa shape index (κ3) is 2.60. The summed E-state index contributed by atoms with van der Waals surface area (Å²) in [5.74, 6) is 2.80. The van der Waals surface area contributed by atoms with E-state index in [0.717, 1.165) is 0 Å². The van der Waals surface area contributed by atoms with Crippen LogP contribution in [0.4, 0.5) is 0 Å². The van der Waals surface area contributed by atoms with Crippen LogP contribution in [0.15, 0.2) is 30.8 Å². The molecule has 1 aromatic rings. The SMILES string of the molecule is C=C(c1ccc(C)cc1)C(C)(C)[S+]1CCCC1. The fraction of sp³-hybridized carbons (Fsp3) is 0.500. The molecule has 0 atom stereocenters. The first-order chi connectivity index (χ1) is 8.01. The predicted octanol–water partition coefficient (Wildman–Crippen LogP) is 4.20. The van der Waals surface area contributed by atoms with E-state index >= 15 is 0 Å². The van der Waals surface area contributed by atoms with Crippen molar-refractivity contribution in [1.29, 1.82) is 0 Å². The average molecular weight is 247 g/mol. The number of hydrogen-bond donors (Lipinski definition) is 0. The largest absolute Gasteiger partial charge is 0.147 e. The fourth-order valence-corrected chi connectivity index (χ4v) is 5.24. The lowest BCUT2D eigenvalue weighted by atomic mass is 9.95. The van der Waals surface area contributed by atoms with E-state index < -0.39 is 0 Å². The van der Waals surface area contributed by atoms with E-state index in [1.807, 2.05) is 0 Å². The van der Waals surface area contributed by atoms with Crippen LogP contribution in [-0.2, 0) is 10.9 Å². The van der Waals surface area contributed by atoms with Crippen LogP contribution in [0.5, 0.6) is 0 Å². The number of benzene rings is 1. The first-order valence-electron chi connectivity index (χ1n) is 6.46. The number of aryl methyl sites for hydroxylation is 1. The Labute approximate surface area is 108 Å². The minimum Gasteiger partial charge on any atom is -0.0900 e. The zero-order valence-corrected chi connectivity index (χ0v) is 12.1. The van der Waals surface area contributed by atoms with Crippen LogP contribution in [0, 0.1) is 6.92 Å². The molecule has 0 aromatic heterocycles. The minimum absolute atomic E-state index is 0.270. The normalized spacial score (nSPS) is 17.4. The quantitative estimate of drug-likeness (QED) is 0.702. The molecular weight excluding hydrogens is 224 g/mol. The summed E-state index contributed by atoms with van der Waals surface area (Å²) in [5.41, 5.74) is 3.96. The highest BCUT2D eigenvalue weighted by atomic mass is 32.2. The van der Waals surface area contributed by atoms with Crippen molar-refractivity contribution >= 4 is 16.5 Å².